The summed E-state index contributed by atoms with van der Waals surface area (Å²) in [7, 11) is 1.53. The normalized spacial score (nSPS) is 10.2. The molecule has 0 aromatic heterocycles. The maximum Gasteiger partial charge on any atom is 0.246 e. The summed E-state index contributed by atoms with van der Waals surface area (Å²) < 4.78 is 0. The Morgan fingerprint density at radius 3 is 2.65 bits per heavy atom. The highest BCUT2D eigenvalue weighted by Gasteiger charge is 2.12. The molecule has 20 heavy (non-hydrogen) atoms. The number of amides is 2. The highest BCUT2D eigenvalue weighted by atomic mass is 16.3. The Morgan fingerprint density at radius 1 is 1.45 bits per heavy atom. The Balaban J connectivity index is 2.74. The summed E-state index contributed by atoms with van der Waals surface area (Å²) in [5, 5.41) is 12.4. The van der Waals surface area contributed by atoms with Gasteiger partial charge in [0.2, 0.25) is 11.8 Å². The molecule has 0 atom stereocenters. The molecular weight excluding hydrogens is 256 g/mol. The number of hydrogen-bond acceptors (Lipinski definition) is 3. The number of benzene rings is 1. The Bertz CT molecular complexity index is 524. The number of rotatable bonds is 5. The van der Waals surface area contributed by atoms with E-state index >= 15 is 0 Å². The number of phenolic OH excluding ortho intramolecular Hbond substituents is 1. The first-order valence-corrected chi connectivity index (χ1v) is 6.35. The average Bonchev–Trinajstić information content (AvgIpc) is 2.39. The molecule has 5 heteroatoms. The van der Waals surface area contributed by atoms with Crippen LogP contribution in [0, 0.1) is 0 Å². The third-order valence-electron chi connectivity index (χ3n) is 2.86. The lowest BCUT2D eigenvalue weighted by atomic mass is 10.0. The lowest BCUT2D eigenvalue weighted by molar-refractivity contribution is -0.129. The van der Waals surface area contributed by atoms with E-state index < -0.39 is 0 Å². The van der Waals surface area contributed by atoms with Crippen LogP contribution in [0.4, 0.5) is 5.69 Å². The number of carbonyl (C=O) groups excluding carboxylic acids is 2. The smallest absolute Gasteiger partial charge is 0.246 e. The summed E-state index contributed by atoms with van der Waals surface area (Å²) in [6.07, 6.45) is 1.16. The molecule has 0 bridgehead atoms. The van der Waals surface area contributed by atoms with Crippen molar-refractivity contribution in [1.29, 1.82) is 0 Å². The summed E-state index contributed by atoms with van der Waals surface area (Å²) in [6, 6.07) is 4.89. The maximum absolute atomic E-state index is 11.8. The molecule has 0 aliphatic heterocycles. The molecule has 0 spiro atoms. The van der Waals surface area contributed by atoms with Crippen LogP contribution in [0.25, 0.3) is 0 Å². The van der Waals surface area contributed by atoms with Gasteiger partial charge in [-0.05, 0) is 35.8 Å². The first-order valence-electron chi connectivity index (χ1n) is 6.35. The molecule has 0 unspecified atom stereocenters. The standard InChI is InChI=1S/C15H20N2O3/c1-5-15(20)17(4)9-14(19)16-11-6-7-13(18)12(8-11)10(2)3/h5-8,10,18H,1,9H2,2-4H3,(H,16,19). The van der Waals surface area contributed by atoms with Gasteiger partial charge in [-0.15, -0.1) is 0 Å². The first kappa shape index (κ1) is 15.8. The SMILES string of the molecule is C=CC(=O)N(C)CC(=O)Nc1ccc(O)c(C(C)C)c1. The molecule has 5 nitrogen and oxygen atoms in total. The number of aromatic hydroxyl groups is 1. The van der Waals surface area contributed by atoms with Gasteiger partial charge in [0.25, 0.3) is 0 Å². The van der Waals surface area contributed by atoms with E-state index in [1.807, 2.05) is 13.8 Å². The lowest BCUT2D eigenvalue weighted by Crippen LogP contribution is -2.33. The van der Waals surface area contributed by atoms with Gasteiger partial charge >= 0.3 is 0 Å². The molecule has 0 saturated carbocycles. The molecule has 1 aromatic rings. The molecule has 0 aliphatic rings. The zero-order valence-electron chi connectivity index (χ0n) is 12.0. The molecule has 108 valence electrons. The minimum Gasteiger partial charge on any atom is -0.508 e. The summed E-state index contributed by atoms with van der Waals surface area (Å²) in [4.78, 5) is 24.4. The van der Waals surface area contributed by atoms with Crippen LogP contribution in [0.3, 0.4) is 0 Å². The van der Waals surface area contributed by atoms with Crippen LogP contribution in [0.1, 0.15) is 25.3 Å². The van der Waals surface area contributed by atoms with E-state index in [1.54, 1.807) is 18.2 Å². The van der Waals surface area contributed by atoms with Crippen LogP contribution in [-0.2, 0) is 9.59 Å². The highest BCUT2D eigenvalue weighted by Crippen LogP contribution is 2.28. The van der Waals surface area contributed by atoms with Crippen molar-refractivity contribution in [3.05, 3.63) is 36.4 Å². The number of likely N-dealkylation sites (N-methyl/N-ethyl adjacent to an activating group) is 1. The van der Waals surface area contributed by atoms with Crippen LogP contribution in [0.2, 0.25) is 0 Å². The Labute approximate surface area is 118 Å². The van der Waals surface area contributed by atoms with Gasteiger partial charge in [-0.2, -0.15) is 0 Å². The zero-order valence-corrected chi connectivity index (χ0v) is 12.0. The van der Waals surface area contributed by atoms with Crippen LogP contribution >= 0.6 is 0 Å². The van der Waals surface area contributed by atoms with Gasteiger partial charge in [-0.1, -0.05) is 20.4 Å². The number of nitrogens with one attached hydrogen (secondary N) is 1. The summed E-state index contributed by atoms with van der Waals surface area (Å²) in [6.45, 7) is 7.22. The molecular formula is C15H20N2O3. The fourth-order valence-corrected chi connectivity index (χ4v) is 1.74. The predicted molar refractivity (Wildman–Crippen MR) is 78.7 cm³/mol. The molecule has 2 amide bonds. The van der Waals surface area contributed by atoms with E-state index in [9.17, 15) is 14.7 Å². The quantitative estimate of drug-likeness (QED) is 0.639. The maximum atomic E-state index is 11.8. The topological polar surface area (TPSA) is 69.6 Å². The van der Waals surface area contributed by atoms with E-state index in [-0.39, 0.29) is 30.0 Å². The Morgan fingerprint density at radius 2 is 2.10 bits per heavy atom. The molecule has 0 aliphatic carbocycles. The number of phenols is 1. The monoisotopic (exact) mass is 276 g/mol. The second-order valence-corrected chi connectivity index (χ2v) is 4.87. The van der Waals surface area contributed by atoms with Crippen molar-refractivity contribution in [3.8, 4) is 5.75 Å². The fourth-order valence-electron chi connectivity index (χ4n) is 1.74. The van der Waals surface area contributed by atoms with Crippen molar-refractivity contribution in [2.45, 2.75) is 19.8 Å². The minimum atomic E-state index is -0.311. The van der Waals surface area contributed by atoms with E-state index in [0.29, 0.717) is 5.69 Å². The number of anilines is 1. The number of hydrogen-bond donors (Lipinski definition) is 2. The molecule has 0 heterocycles. The van der Waals surface area contributed by atoms with Crippen molar-refractivity contribution >= 4 is 17.5 Å². The lowest BCUT2D eigenvalue weighted by Gasteiger charge is -2.15. The second-order valence-electron chi connectivity index (χ2n) is 4.87. The van der Waals surface area contributed by atoms with Crippen LogP contribution < -0.4 is 5.32 Å². The fraction of sp³-hybridized carbons (Fsp3) is 0.333. The third-order valence-corrected chi connectivity index (χ3v) is 2.86. The van der Waals surface area contributed by atoms with Gasteiger partial charge in [-0.3, -0.25) is 9.59 Å². The van der Waals surface area contributed by atoms with Crippen molar-refractivity contribution < 1.29 is 14.7 Å². The van der Waals surface area contributed by atoms with Gasteiger partial charge in [-0.25, -0.2) is 0 Å². The highest BCUT2D eigenvalue weighted by molar-refractivity contribution is 5.96. The van der Waals surface area contributed by atoms with Crippen LogP contribution in [0.5, 0.6) is 5.75 Å². The molecule has 0 saturated heterocycles. The summed E-state index contributed by atoms with van der Waals surface area (Å²) in [5.41, 5.74) is 1.36. The van der Waals surface area contributed by atoms with Crippen molar-refractivity contribution in [3.63, 3.8) is 0 Å². The molecule has 2 N–H and O–H groups in total. The van der Waals surface area contributed by atoms with Gasteiger partial charge in [0.15, 0.2) is 0 Å². The molecule has 0 radical (unpaired) electrons. The third kappa shape index (κ3) is 4.12. The van der Waals surface area contributed by atoms with E-state index in [2.05, 4.69) is 11.9 Å². The Hall–Kier alpha value is -2.30. The Kier molecular flexibility index (Phi) is 5.32. The first-order chi connectivity index (χ1) is 9.35. The van der Waals surface area contributed by atoms with Crippen molar-refractivity contribution in [2.75, 3.05) is 18.9 Å². The minimum absolute atomic E-state index is 0.0528. The largest absolute Gasteiger partial charge is 0.508 e. The van der Waals surface area contributed by atoms with Crippen molar-refractivity contribution in [2.24, 2.45) is 0 Å². The van der Waals surface area contributed by atoms with E-state index in [4.69, 9.17) is 0 Å². The zero-order chi connectivity index (χ0) is 15.3. The molecule has 1 aromatic carbocycles. The van der Waals surface area contributed by atoms with Crippen molar-refractivity contribution in [1.82, 2.24) is 4.90 Å². The van der Waals surface area contributed by atoms with Gasteiger partial charge in [0.1, 0.15) is 5.75 Å². The van der Waals surface area contributed by atoms with Crippen LogP contribution in [0.15, 0.2) is 30.9 Å². The van der Waals surface area contributed by atoms with Gasteiger partial charge in [0, 0.05) is 12.7 Å². The average molecular weight is 276 g/mol. The number of nitrogens with zero attached hydrogens (tertiary/aromatic N) is 1. The number of carbonyl (C=O) groups is 2. The van der Waals surface area contributed by atoms with E-state index in [0.717, 1.165) is 11.6 Å². The molecule has 0 fully saturated rings. The summed E-state index contributed by atoms with van der Waals surface area (Å²) >= 11 is 0. The molecule has 1 rings (SSSR count). The van der Waals surface area contributed by atoms with Gasteiger partial charge in [0.05, 0.1) is 6.54 Å². The van der Waals surface area contributed by atoms with Crippen LogP contribution in [-0.4, -0.2) is 35.4 Å². The van der Waals surface area contributed by atoms with Gasteiger partial charge < -0.3 is 15.3 Å². The second kappa shape index (κ2) is 6.75. The predicted octanol–water partition coefficient (Wildman–Crippen LogP) is 2.10. The van der Waals surface area contributed by atoms with E-state index in [1.165, 1.54) is 11.9 Å². The summed E-state index contributed by atoms with van der Waals surface area (Å²) in [5.74, 6) is -0.259.